The highest BCUT2D eigenvalue weighted by atomic mass is 35.5. The monoisotopic (exact) mass is 513 g/mol. The van der Waals surface area contributed by atoms with Crippen LogP contribution in [0.1, 0.15) is 24.0 Å². The van der Waals surface area contributed by atoms with Gasteiger partial charge in [0.05, 0.1) is 22.9 Å². The smallest absolute Gasteiger partial charge is 0.243 e. The molecule has 1 aliphatic carbocycles. The molecule has 0 spiro atoms. The van der Waals surface area contributed by atoms with E-state index < -0.39 is 27.9 Å². The highest BCUT2D eigenvalue weighted by Crippen LogP contribution is 2.47. The summed E-state index contributed by atoms with van der Waals surface area (Å²) >= 11 is 12.2. The number of nitriles is 1. The van der Waals surface area contributed by atoms with Gasteiger partial charge in [0.15, 0.2) is 0 Å². The molecule has 1 aliphatic rings. The summed E-state index contributed by atoms with van der Waals surface area (Å²) in [6.45, 7) is -0.523. The van der Waals surface area contributed by atoms with Gasteiger partial charge < -0.3 is 5.32 Å². The molecule has 0 heterocycles. The first-order valence-corrected chi connectivity index (χ1v) is 12.7. The van der Waals surface area contributed by atoms with Crippen LogP contribution < -0.4 is 5.32 Å². The molecule has 6 nitrogen and oxygen atoms in total. The molecule has 0 unspecified atom stereocenters. The maximum absolute atomic E-state index is 13.3. The second kappa shape index (κ2) is 9.77. The highest BCUT2D eigenvalue weighted by Gasteiger charge is 2.44. The second-order valence-electron chi connectivity index (χ2n) is 8.14. The summed E-state index contributed by atoms with van der Waals surface area (Å²) in [7, 11) is -3.99. The SMILES string of the molecule is N#CC1(c2ccc(NC(=O)CN(Cc3ccc(Cl)cc3Cl)S(=O)(=O)c3ccccc3)cc2)CC1. The Morgan fingerprint density at radius 1 is 1.03 bits per heavy atom. The maximum Gasteiger partial charge on any atom is 0.243 e. The molecule has 3 aromatic carbocycles. The fourth-order valence-corrected chi connectivity index (χ4v) is 5.49. The molecule has 1 saturated carbocycles. The number of hydrogen-bond acceptors (Lipinski definition) is 4. The van der Waals surface area contributed by atoms with Crippen LogP contribution in [0.3, 0.4) is 0 Å². The van der Waals surface area contributed by atoms with Crippen LogP contribution in [0.5, 0.6) is 0 Å². The zero-order valence-corrected chi connectivity index (χ0v) is 20.4. The van der Waals surface area contributed by atoms with E-state index in [0.29, 0.717) is 21.3 Å². The van der Waals surface area contributed by atoms with Crippen LogP contribution in [-0.2, 0) is 26.8 Å². The van der Waals surface area contributed by atoms with E-state index in [2.05, 4.69) is 11.4 Å². The molecule has 1 amide bonds. The third kappa shape index (κ3) is 5.26. The minimum atomic E-state index is -3.99. The first kappa shape index (κ1) is 24.2. The Labute approximate surface area is 208 Å². The Morgan fingerprint density at radius 3 is 2.29 bits per heavy atom. The first-order valence-electron chi connectivity index (χ1n) is 10.5. The standard InChI is InChI=1S/C25H21Cl2N3O3S/c26-20-9-6-18(23(27)14-20)15-30(34(32,33)22-4-2-1-3-5-22)16-24(31)29-21-10-7-19(8-11-21)25(17-28)12-13-25/h1-11,14H,12-13,15-16H2,(H,29,31). The summed E-state index contributed by atoms with van der Waals surface area (Å²) < 4.78 is 27.8. The molecule has 1 fully saturated rings. The summed E-state index contributed by atoms with van der Waals surface area (Å²) in [5.41, 5.74) is 1.54. The van der Waals surface area contributed by atoms with E-state index >= 15 is 0 Å². The fourth-order valence-electron chi connectivity index (χ4n) is 3.63. The number of carbonyl (C=O) groups is 1. The molecular weight excluding hydrogens is 493 g/mol. The predicted molar refractivity (Wildman–Crippen MR) is 132 cm³/mol. The zero-order chi connectivity index (χ0) is 24.3. The minimum Gasteiger partial charge on any atom is -0.325 e. The van der Waals surface area contributed by atoms with E-state index in [1.807, 2.05) is 12.1 Å². The Hall–Kier alpha value is -2.89. The van der Waals surface area contributed by atoms with Crippen molar-refractivity contribution in [3.63, 3.8) is 0 Å². The molecule has 0 saturated heterocycles. The largest absolute Gasteiger partial charge is 0.325 e. The van der Waals surface area contributed by atoms with Crippen molar-refractivity contribution in [1.29, 1.82) is 5.26 Å². The number of sulfonamides is 1. The van der Waals surface area contributed by atoms with E-state index in [4.69, 9.17) is 23.2 Å². The number of nitrogens with one attached hydrogen (secondary N) is 1. The number of carbonyl (C=O) groups excluding carboxylic acids is 1. The molecule has 4 rings (SSSR count). The minimum absolute atomic E-state index is 0.0727. The number of nitrogens with zero attached hydrogens (tertiary/aromatic N) is 2. The predicted octanol–water partition coefficient (Wildman–Crippen LogP) is 5.38. The van der Waals surface area contributed by atoms with Crippen molar-refractivity contribution < 1.29 is 13.2 Å². The van der Waals surface area contributed by atoms with Crippen molar-refractivity contribution >= 4 is 44.8 Å². The summed E-state index contributed by atoms with van der Waals surface area (Å²) in [6.07, 6.45) is 1.66. The molecule has 0 aromatic heterocycles. The number of rotatable bonds is 8. The lowest BCUT2D eigenvalue weighted by atomic mass is 9.98. The fraction of sp³-hybridized carbons (Fsp3) is 0.200. The van der Waals surface area contributed by atoms with Gasteiger partial charge >= 0.3 is 0 Å². The van der Waals surface area contributed by atoms with E-state index in [9.17, 15) is 18.5 Å². The molecule has 0 bridgehead atoms. The van der Waals surface area contributed by atoms with Gasteiger partial charge in [-0.3, -0.25) is 4.79 Å². The van der Waals surface area contributed by atoms with Gasteiger partial charge in [0, 0.05) is 22.3 Å². The lowest BCUT2D eigenvalue weighted by Crippen LogP contribution is -2.37. The normalized spacial score (nSPS) is 14.4. The Balaban J connectivity index is 1.55. The number of hydrogen-bond donors (Lipinski definition) is 1. The Kier molecular flexibility index (Phi) is 6.96. The van der Waals surface area contributed by atoms with E-state index in [0.717, 1.165) is 22.7 Å². The average Bonchev–Trinajstić information content (AvgIpc) is 3.62. The number of anilines is 1. The lowest BCUT2D eigenvalue weighted by molar-refractivity contribution is -0.116. The van der Waals surface area contributed by atoms with Crippen molar-refractivity contribution in [2.45, 2.75) is 29.7 Å². The van der Waals surface area contributed by atoms with Crippen molar-refractivity contribution in [1.82, 2.24) is 4.31 Å². The number of halogens is 2. The van der Waals surface area contributed by atoms with E-state index in [-0.39, 0.29) is 11.4 Å². The van der Waals surface area contributed by atoms with Crippen molar-refractivity contribution in [2.24, 2.45) is 0 Å². The third-order valence-electron chi connectivity index (χ3n) is 5.75. The molecule has 9 heteroatoms. The van der Waals surface area contributed by atoms with Gasteiger partial charge in [0.2, 0.25) is 15.9 Å². The number of benzene rings is 3. The van der Waals surface area contributed by atoms with Gasteiger partial charge in [0.25, 0.3) is 0 Å². The molecule has 1 N–H and O–H groups in total. The third-order valence-corrected chi connectivity index (χ3v) is 8.14. The molecule has 0 radical (unpaired) electrons. The summed E-state index contributed by atoms with van der Waals surface area (Å²) in [5.74, 6) is -0.501. The molecule has 3 aromatic rings. The van der Waals surface area contributed by atoms with Gasteiger partial charge in [-0.05, 0) is 60.4 Å². The molecular formula is C25H21Cl2N3O3S. The average molecular weight is 514 g/mol. The van der Waals surface area contributed by atoms with Gasteiger partial charge in [0.1, 0.15) is 0 Å². The van der Waals surface area contributed by atoms with Crippen LogP contribution in [0.25, 0.3) is 0 Å². The lowest BCUT2D eigenvalue weighted by Gasteiger charge is -2.22. The second-order valence-corrected chi connectivity index (χ2v) is 10.9. The van der Waals surface area contributed by atoms with Crippen molar-refractivity contribution in [3.8, 4) is 6.07 Å². The van der Waals surface area contributed by atoms with Crippen LogP contribution in [-0.4, -0.2) is 25.2 Å². The first-order chi connectivity index (χ1) is 16.2. The quantitative estimate of drug-likeness (QED) is 0.437. The van der Waals surface area contributed by atoms with Gasteiger partial charge in [-0.15, -0.1) is 0 Å². The summed E-state index contributed by atoms with van der Waals surface area (Å²) in [4.78, 5) is 12.9. The van der Waals surface area contributed by atoms with Crippen LogP contribution >= 0.6 is 23.2 Å². The van der Waals surface area contributed by atoms with Crippen LogP contribution in [0.15, 0.2) is 77.7 Å². The summed E-state index contributed by atoms with van der Waals surface area (Å²) in [5, 5.41) is 12.8. The molecule has 0 aliphatic heterocycles. The van der Waals surface area contributed by atoms with E-state index in [1.165, 1.54) is 18.2 Å². The summed E-state index contributed by atoms with van der Waals surface area (Å²) in [6, 6.07) is 22.1. The van der Waals surface area contributed by atoms with E-state index in [1.54, 1.807) is 42.5 Å². The molecule has 0 atom stereocenters. The molecule has 174 valence electrons. The van der Waals surface area contributed by atoms with Crippen LogP contribution in [0.2, 0.25) is 10.0 Å². The van der Waals surface area contributed by atoms with Crippen LogP contribution in [0, 0.1) is 11.3 Å². The van der Waals surface area contributed by atoms with Gasteiger partial charge in [-0.25, -0.2) is 8.42 Å². The van der Waals surface area contributed by atoms with Crippen molar-refractivity contribution in [2.75, 3.05) is 11.9 Å². The van der Waals surface area contributed by atoms with Crippen molar-refractivity contribution in [3.05, 3.63) is 94.0 Å². The maximum atomic E-state index is 13.3. The number of amides is 1. The Morgan fingerprint density at radius 2 is 1.71 bits per heavy atom. The van der Waals surface area contributed by atoms with Gasteiger partial charge in [-0.2, -0.15) is 9.57 Å². The van der Waals surface area contributed by atoms with Gasteiger partial charge in [-0.1, -0.05) is 59.6 Å². The van der Waals surface area contributed by atoms with Crippen LogP contribution in [0.4, 0.5) is 5.69 Å². The zero-order valence-electron chi connectivity index (χ0n) is 18.0. The Bertz CT molecular complexity index is 1350. The topological polar surface area (TPSA) is 90.3 Å². The molecule has 34 heavy (non-hydrogen) atoms. The highest BCUT2D eigenvalue weighted by molar-refractivity contribution is 7.89.